The fourth-order valence-electron chi connectivity index (χ4n) is 2.82. The second kappa shape index (κ2) is 8.88. The highest BCUT2D eigenvalue weighted by Gasteiger charge is 2.40. The molecule has 2 rings (SSSR count). The maximum absolute atomic E-state index is 14.4. The molecule has 0 aromatic rings. The van der Waals surface area contributed by atoms with Crippen LogP contribution in [0.4, 0.5) is 4.39 Å². The molecule has 6 nitrogen and oxygen atoms in total. The molecule has 1 aliphatic carbocycles. The molecule has 0 aromatic heterocycles. The van der Waals surface area contributed by atoms with E-state index in [1.165, 1.54) is 6.08 Å². The summed E-state index contributed by atoms with van der Waals surface area (Å²) in [7, 11) is 1.80. The van der Waals surface area contributed by atoms with Crippen LogP contribution >= 0.6 is 0 Å². The van der Waals surface area contributed by atoms with Gasteiger partial charge in [-0.05, 0) is 44.8 Å². The van der Waals surface area contributed by atoms with Gasteiger partial charge in [-0.2, -0.15) is 0 Å². The molecule has 2 fully saturated rings. The summed E-state index contributed by atoms with van der Waals surface area (Å²) in [5.74, 6) is 0.264. The van der Waals surface area contributed by atoms with Crippen molar-refractivity contribution in [1.29, 1.82) is 10.8 Å². The molecule has 5 N–H and O–H groups in total. The van der Waals surface area contributed by atoms with E-state index in [0.717, 1.165) is 50.7 Å². The van der Waals surface area contributed by atoms with Gasteiger partial charge in [0.05, 0.1) is 11.4 Å². The Bertz CT molecular complexity index is 697. The number of rotatable bonds is 10. The van der Waals surface area contributed by atoms with Crippen molar-refractivity contribution >= 4 is 11.4 Å². The summed E-state index contributed by atoms with van der Waals surface area (Å²) < 4.78 is 20.0. The molecular formula is C20H30FN5O. The van der Waals surface area contributed by atoms with E-state index in [1.807, 2.05) is 6.92 Å². The SMILES string of the molecule is C=C/C(OC1(C)CC1)=C(F)\C=C(\N)CC(=N)C(=N)/C=C(\NC)N1CCCC1. The van der Waals surface area contributed by atoms with Crippen LogP contribution in [0.15, 0.2) is 47.9 Å². The third kappa shape index (κ3) is 5.98. The first kappa shape index (κ1) is 20.7. The second-order valence-electron chi connectivity index (χ2n) is 7.23. The number of hydrogen-bond acceptors (Lipinski definition) is 6. The third-order valence-electron chi connectivity index (χ3n) is 4.73. The fourth-order valence-corrected chi connectivity index (χ4v) is 2.82. The minimum atomic E-state index is -0.613. The quantitative estimate of drug-likeness (QED) is 0.267. The molecule has 1 saturated carbocycles. The van der Waals surface area contributed by atoms with Crippen molar-refractivity contribution in [3.63, 3.8) is 0 Å². The van der Waals surface area contributed by atoms with Crippen molar-refractivity contribution in [2.75, 3.05) is 20.1 Å². The second-order valence-corrected chi connectivity index (χ2v) is 7.23. The van der Waals surface area contributed by atoms with Gasteiger partial charge in [-0.15, -0.1) is 0 Å². The Morgan fingerprint density at radius 2 is 1.93 bits per heavy atom. The largest absolute Gasteiger partial charge is 0.485 e. The Balaban J connectivity index is 2.01. The van der Waals surface area contributed by atoms with Gasteiger partial charge in [0.1, 0.15) is 11.4 Å². The summed E-state index contributed by atoms with van der Waals surface area (Å²) in [4.78, 5) is 2.15. The first-order valence-corrected chi connectivity index (χ1v) is 9.26. The van der Waals surface area contributed by atoms with Crippen LogP contribution in [-0.4, -0.2) is 42.1 Å². The Morgan fingerprint density at radius 3 is 2.44 bits per heavy atom. The van der Waals surface area contributed by atoms with Crippen molar-refractivity contribution in [3.8, 4) is 0 Å². The number of likely N-dealkylation sites (tertiary alicyclic amines) is 1. The lowest BCUT2D eigenvalue weighted by molar-refractivity contribution is 0.114. The minimum absolute atomic E-state index is 0.0125. The molecule has 27 heavy (non-hydrogen) atoms. The zero-order valence-corrected chi connectivity index (χ0v) is 16.2. The summed E-state index contributed by atoms with van der Waals surface area (Å²) >= 11 is 0. The van der Waals surface area contributed by atoms with E-state index >= 15 is 0 Å². The molecule has 0 bridgehead atoms. The topological polar surface area (TPSA) is 98.2 Å². The van der Waals surface area contributed by atoms with Crippen LogP contribution in [0.1, 0.15) is 39.0 Å². The number of ether oxygens (including phenoxy) is 1. The summed E-state index contributed by atoms with van der Waals surface area (Å²) in [6.45, 7) is 7.38. The molecule has 7 heteroatoms. The zero-order chi connectivity index (χ0) is 20.0. The molecule has 0 unspecified atom stereocenters. The van der Waals surface area contributed by atoms with Crippen LogP contribution in [0.3, 0.4) is 0 Å². The van der Waals surface area contributed by atoms with E-state index in [2.05, 4.69) is 16.8 Å². The van der Waals surface area contributed by atoms with Crippen LogP contribution in [-0.2, 0) is 4.74 Å². The summed E-state index contributed by atoms with van der Waals surface area (Å²) in [5, 5.41) is 19.3. The van der Waals surface area contributed by atoms with Gasteiger partial charge in [0, 0.05) is 38.3 Å². The molecule has 1 saturated heterocycles. The van der Waals surface area contributed by atoms with Crippen molar-refractivity contribution in [1.82, 2.24) is 10.2 Å². The van der Waals surface area contributed by atoms with Crippen molar-refractivity contribution < 1.29 is 9.13 Å². The van der Waals surface area contributed by atoms with E-state index in [-0.39, 0.29) is 34.9 Å². The monoisotopic (exact) mass is 375 g/mol. The molecule has 148 valence electrons. The van der Waals surface area contributed by atoms with E-state index < -0.39 is 5.83 Å². The molecule has 1 aliphatic heterocycles. The maximum atomic E-state index is 14.4. The normalized spacial score (nSPS) is 20.0. The lowest BCUT2D eigenvalue weighted by Gasteiger charge is -2.21. The first-order chi connectivity index (χ1) is 12.8. The van der Waals surface area contributed by atoms with Gasteiger partial charge in [0.15, 0.2) is 11.6 Å². The Labute approximate surface area is 160 Å². The molecule has 0 atom stereocenters. The first-order valence-electron chi connectivity index (χ1n) is 9.26. The number of allylic oxidation sites excluding steroid dienone is 5. The van der Waals surface area contributed by atoms with Gasteiger partial charge in [-0.3, -0.25) is 5.41 Å². The highest BCUT2D eigenvalue weighted by atomic mass is 19.1. The molecule has 1 heterocycles. The van der Waals surface area contributed by atoms with Crippen LogP contribution in [0, 0.1) is 10.8 Å². The van der Waals surface area contributed by atoms with Gasteiger partial charge in [0.2, 0.25) is 0 Å². The zero-order valence-electron chi connectivity index (χ0n) is 16.2. The standard InChI is InChI=1S/C20H30FN5O/c1-4-18(27-20(2)7-8-20)15(21)11-14(22)12-16(23)17(24)13-19(25-3)26-9-5-6-10-26/h4,11,13,23-25H,1,5-10,12,22H2,2-3H3/b14-11+,18-15-,19-13+,23-16?,24-17?. The summed E-state index contributed by atoms with van der Waals surface area (Å²) in [6.07, 6.45) is 8.10. The van der Waals surface area contributed by atoms with E-state index in [1.54, 1.807) is 13.1 Å². The Kier molecular flexibility index (Phi) is 6.82. The van der Waals surface area contributed by atoms with Crippen LogP contribution in [0.25, 0.3) is 0 Å². The van der Waals surface area contributed by atoms with E-state index in [4.69, 9.17) is 21.3 Å². The molecule has 0 aromatic carbocycles. The lowest BCUT2D eigenvalue weighted by atomic mass is 10.1. The number of hydrogen-bond donors (Lipinski definition) is 4. The minimum Gasteiger partial charge on any atom is -0.485 e. The summed E-state index contributed by atoms with van der Waals surface area (Å²) in [6, 6.07) is 0. The molecular weight excluding hydrogens is 345 g/mol. The molecule has 0 radical (unpaired) electrons. The number of nitrogens with zero attached hydrogens (tertiary/aromatic N) is 1. The summed E-state index contributed by atoms with van der Waals surface area (Å²) in [5.41, 5.74) is 5.81. The Morgan fingerprint density at radius 1 is 1.30 bits per heavy atom. The van der Waals surface area contributed by atoms with E-state index in [9.17, 15) is 4.39 Å². The smallest absolute Gasteiger partial charge is 0.166 e. The predicted octanol–water partition coefficient (Wildman–Crippen LogP) is 3.35. The fraction of sp³-hybridized carbons (Fsp3) is 0.500. The van der Waals surface area contributed by atoms with Crippen molar-refractivity contribution in [3.05, 3.63) is 47.9 Å². The number of halogens is 1. The van der Waals surface area contributed by atoms with Crippen molar-refractivity contribution in [2.24, 2.45) is 5.73 Å². The highest BCUT2D eigenvalue weighted by Crippen LogP contribution is 2.41. The van der Waals surface area contributed by atoms with Gasteiger partial charge < -0.3 is 26.1 Å². The third-order valence-corrected chi connectivity index (χ3v) is 4.73. The van der Waals surface area contributed by atoms with Crippen LogP contribution < -0.4 is 11.1 Å². The van der Waals surface area contributed by atoms with Gasteiger partial charge in [-0.1, -0.05) is 6.58 Å². The predicted molar refractivity (Wildman–Crippen MR) is 107 cm³/mol. The van der Waals surface area contributed by atoms with Crippen LogP contribution in [0.5, 0.6) is 0 Å². The van der Waals surface area contributed by atoms with E-state index in [0.29, 0.717) is 0 Å². The van der Waals surface area contributed by atoms with Gasteiger partial charge in [-0.25, -0.2) is 4.39 Å². The van der Waals surface area contributed by atoms with Gasteiger partial charge in [0.25, 0.3) is 0 Å². The molecule has 0 spiro atoms. The Hall–Kier alpha value is -2.57. The average molecular weight is 375 g/mol. The molecule has 2 aliphatic rings. The van der Waals surface area contributed by atoms with Crippen molar-refractivity contribution in [2.45, 2.75) is 44.6 Å². The number of nitrogens with two attached hydrogens (primary N) is 1. The lowest BCUT2D eigenvalue weighted by Crippen LogP contribution is -2.29. The van der Waals surface area contributed by atoms with Crippen LogP contribution in [0.2, 0.25) is 0 Å². The maximum Gasteiger partial charge on any atom is 0.166 e. The highest BCUT2D eigenvalue weighted by molar-refractivity contribution is 6.44. The van der Waals surface area contributed by atoms with Gasteiger partial charge >= 0.3 is 0 Å². The average Bonchev–Trinajstić information content (AvgIpc) is 3.11. The number of nitrogens with one attached hydrogen (secondary N) is 3. The molecule has 0 amide bonds.